The van der Waals surface area contributed by atoms with Gasteiger partial charge in [0.25, 0.3) is 5.91 Å². The number of nitrogens with zero attached hydrogens (tertiary/aromatic N) is 2. The Morgan fingerprint density at radius 3 is 2.26 bits per heavy atom. The molecule has 35 heavy (non-hydrogen) atoms. The van der Waals surface area contributed by atoms with E-state index >= 15 is 0 Å². The van der Waals surface area contributed by atoms with Crippen LogP contribution in [0.15, 0.2) is 83.8 Å². The number of hydrogen-bond acceptors (Lipinski definition) is 4. The van der Waals surface area contributed by atoms with Crippen molar-refractivity contribution in [3.63, 3.8) is 0 Å². The average molecular weight is 494 g/mol. The molecule has 184 valence electrons. The number of anilines is 1. The molecule has 0 saturated carbocycles. The standard InChI is InChI=1S/C27H32N4O3S/c1-29(2)25-13-11-22(12-14-25)20-28-27(32)24-9-6-10-26(19-24)35(33,34)31-17-15-30(16-18-31)21-23-7-4-3-5-8-23/h3-14,19H,15-18,20-21H2,1-2H3,(H,28,32)/p+1. The molecule has 4 rings (SSSR count). The second kappa shape index (κ2) is 11.0. The van der Waals surface area contributed by atoms with Crippen LogP contribution in [0.1, 0.15) is 21.5 Å². The number of quaternary nitrogens is 1. The van der Waals surface area contributed by atoms with Crippen LogP contribution in [-0.2, 0) is 23.1 Å². The molecular formula is C27H33N4O3S+. The third-order valence-corrected chi connectivity index (χ3v) is 8.26. The van der Waals surface area contributed by atoms with Crippen LogP contribution in [0.5, 0.6) is 0 Å². The number of hydrogen-bond donors (Lipinski definition) is 2. The SMILES string of the molecule is CN(C)c1ccc(CNC(=O)c2cccc(S(=O)(=O)N3CC[NH+](Cc4ccccc4)CC3)c2)cc1. The van der Waals surface area contributed by atoms with Crippen molar-refractivity contribution in [3.8, 4) is 0 Å². The van der Waals surface area contributed by atoms with E-state index in [1.807, 2.05) is 61.5 Å². The number of amides is 1. The lowest BCUT2D eigenvalue weighted by Crippen LogP contribution is -3.13. The lowest BCUT2D eigenvalue weighted by atomic mass is 10.1. The zero-order valence-corrected chi connectivity index (χ0v) is 21.1. The van der Waals surface area contributed by atoms with Crippen LogP contribution in [0.25, 0.3) is 0 Å². The topological polar surface area (TPSA) is 74.2 Å². The summed E-state index contributed by atoms with van der Waals surface area (Å²) in [6, 6.07) is 24.5. The van der Waals surface area contributed by atoms with E-state index < -0.39 is 10.0 Å². The van der Waals surface area contributed by atoms with Crippen molar-refractivity contribution in [2.45, 2.75) is 18.0 Å². The Labute approximate surface area is 208 Å². The number of benzene rings is 3. The van der Waals surface area contributed by atoms with Gasteiger partial charge in [-0.05, 0) is 35.9 Å². The van der Waals surface area contributed by atoms with E-state index in [4.69, 9.17) is 0 Å². The molecule has 1 amide bonds. The van der Waals surface area contributed by atoms with Gasteiger partial charge in [0.1, 0.15) is 6.54 Å². The highest BCUT2D eigenvalue weighted by Crippen LogP contribution is 2.18. The summed E-state index contributed by atoms with van der Waals surface area (Å²) in [6.45, 7) is 3.69. The van der Waals surface area contributed by atoms with E-state index in [0.29, 0.717) is 25.2 Å². The molecule has 0 aromatic heterocycles. The van der Waals surface area contributed by atoms with Crippen LogP contribution >= 0.6 is 0 Å². The van der Waals surface area contributed by atoms with Gasteiger partial charge in [0, 0.05) is 37.5 Å². The van der Waals surface area contributed by atoms with Crippen molar-refractivity contribution in [2.24, 2.45) is 0 Å². The van der Waals surface area contributed by atoms with Crippen molar-refractivity contribution in [1.29, 1.82) is 0 Å². The molecule has 8 heteroatoms. The van der Waals surface area contributed by atoms with Gasteiger partial charge >= 0.3 is 0 Å². The van der Waals surface area contributed by atoms with Gasteiger partial charge in [-0.1, -0.05) is 48.5 Å². The van der Waals surface area contributed by atoms with E-state index in [-0.39, 0.29) is 10.8 Å². The Bertz CT molecular complexity index is 1240. The molecule has 0 spiro atoms. The van der Waals surface area contributed by atoms with E-state index in [1.165, 1.54) is 20.8 Å². The smallest absolute Gasteiger partial charge is 0.251 e. The molecule has 0 unspecified atom stereocenters. The Balaban J connectivity index is 1.36. The van der Waals surface area contributed by atoms with Crippen LogP contribution in [0, 0.1) is 0 Å². The van der Waals surface area contributed by atoms with Crippen LogP contribution in [0.2, 0.25) is 0 Å². The van der Waals surface area contributed by atoms with Gasteiger partial charge in [0.15, 0.2) is 0 Å². The van der Waals surface area contributed by atoms with Gasteiger partial charge in [0.2, 0.25) is 10.0 Å². The molecule has 1 aliphatic heterocycles. The summed E-state index contributed by atoms with van der Waals surface area (Å²) in [6.07, 6.45) is 0. The summed E-state index contributed by atoms with van der Waals surface area (Å²) in [5.41, 5.74) is 3.65. The maximum absolute atomic E-state index is 13.3. The number of nitrogens with one attached hydrogen (secondary N) is 2. The first-order valence-corrected chi connectivity index (χ1v) is 13.3. The molecule has 0 bridgehead atoms. The lowest BCUT2D eigenvalue weighted by molar-refractivity contribution is -0.917. The number of carbonyl (C=O) groups is 1. The molecular weight excluding hydrogens is 460 g/mol. The summed E-state index contributed by atoms with van der Waals surface area (Å²) in [7, 11) is 0.293. The second-order valence-electron chi connectivity index (χ2n) is 9.09. The molecule has 0 aliphatic carbocycles. The van der Waals surface area contributed by atoms with Crippen LogP contribution in [0.4, 0.5) is 5.69 Å². The molecule has 0 atom stereocenters. The Morgan fingerprint density at radius 2 is 1.60 bits per heavy atom. The first-order valence-electron chi connectivity index (χ1n) is 11.8. The number of carbonyl (C=O) groups excluding carboxylic acids is 1. The van der Waals surface area contributed by atoms with Crippen molar-refractivity contribution >= 4 is 21.6 Å². The van der Waals surface area contributed by atoms with Crippen molar-refractivity contribution in [2.75, 3.05) is 45.2 Å². The van der Waals surface area contributed by atoms with Crippen molar-refractivity contribution < 1.29 is 18.1 Å². The molecule has 7 nitrogen and oxygen atoms in total. The molecule has 1 fully saturated rings. The molecule has 1 saturated heterocycles. The fourth-order valence-corrected chi connectivity index (χ4v) is 5.74. The number of piperazine rings is 1. The minimum atomic E-state index is -3.66. The van der Waals surface area contributed by atoms with Crippen LogP contribution in [-0.4, -0.2) is 58.9 Å². The van der Waals surface area contributed by atoms with E-state index in [9.17, 15) is 13.2 Å². The van der Waals surface area contributed by atoms with Gasteiger partial charge in [-0.15, -0.1) is 0 Å². The summed E-state index contributed by atoms with van der Waals surface area (Å²) < 4.78 is 28.1. The zero-order chi connectivity index (χ0) is 24.8. The molecule has 1 heterocycles. The van der Waals surface area contributed by atoms with Crippen molar-refractivity contribution in [1.82, 2.24) is 9.62 Å². The van der Waals surface area contributed by atoms with Crippen LogP contribution < -0.4 is 15.1 Å². The first-order chi connectivity index (χ1) is 16.8. The monoisotopic (exact) mass is 493 g/mol. The molecule has 0 radical (unpaired) electrons. The largest absolute Gasteiger partial charge is 0.378 e. The van der Waals surface area contributed by atoms with Crippen LogP contribution in [0.3, 0.4) is 0 Å². The molecule has 1 aliphatic rings. The van der Waals surface area contributed by atoms with Gasteiger partial charge in [-0.25, -0.2) is 8.42 Å². The molecule has 3 aromatic carbocycles. The summed E-state index contributed by atoms with van der Waals surface area (Å²) >= 11 is 0. The number of sulfonamides is 1. The highest BCUT2D eigenvalue weighted by Gasteiger charge is 2.30. The molecule has 3 aromatic rings. The first kappa shape index (κ1) is 24.9. The minimum Gasteiger partial charge on any atom is -0.378 e. The van der Waals surface area contributed by atoms with E-state index in [2.05, 4.69) is 17.4 Å². The second-order valence-corrected chi connectivity index (χ2v) is 11.0. The quantitative estimate of drug-likeness (QED) is 0.502. The highest BCUT2D eigenvalue weighted by molar-refractivity contribution is 7.89. The Hall–Kier alpha value is -3.20. The third kappa shape index (κ3) is 6.28. The summed E-state index contributed by atoms with van der Waals surface area (Å²) in [5.74, 6) is -0.295. The summed E-state index contributed by atoms with van der Waals surface area (Å²) in [4.78, 5) is 16.3. The van der Waals surface area contributed by atoms with Gasteiger partial charge in [0.05, 0.1) is 31.1 Å². The van der Waals surface area contributed by atoms with Gasteiger partial charge in [-0.3, -0.25) is 4.79 Å². The van der Waals surface area contributed by atoms with E-state index in [1.54, 1.807) is 18.2 Å². The molecule has 2 N–H and O–H groups in total. The average Bonchev–Trinajstić information content (AvgIpc) is 2.88. The predicted molar refractivity (Wildman–Crippen MR) is 138 cm³/mol. The zero-order valence-electron chi connectivity index (χ0n) is 20.3. The Morgan fingerprint density at radius 1 is 0.914 bits per heavy atom. The lowest BCUT2D eigenvalue weighted by Gasteiger charge is -2.31. The maximum Gasteiger partial charge on any atom is 0.251 e. The Kier molecular flexibility index (Phi) is 7.85. The normalized spacial score (nSPS) is 15.0. The van der Waals surface area contributed by atoms with Gasteiger partial charge < -0.3 is 15.1 Å². The van der Waals surface area contributed by atoms with Gasteiger partial charge in [-0.2, -0.15) is 4.31 Å². The summed E-state index contributed by atoms with van der Waals surface area (Å²) in [5, 5.41) is 2.89. The highest BCUT2D eigenvalue weighted by atomic mass is 32.2. The third-order valence-electron chi connectivity index (χ3n) is 6.37. The predicted octanol–water partition coefficient (Wildman–Crippen LogP) is 1.77. The fourth-order valence-electron chi connectivity index (χ4n) is 4.25. The van der Waals surface area contributed by atoms with E-state index in [0.717, 1.165) is 30.9 Å². The number of rotatable bonds is 8. The van der Waals surface area contributed by atoms with Crippen molar-refractivity contribution in [3.05, 3.63) is 95.6 Å². The maximum atomic E-state index is 13.3. The minimum absolute atomic E-state index is 0.159. The fraction of sp³-hybridized carbons (Fsp3) is 0.296.